The number of hydrogen-bond donors (Lipinski definition) is 1. The molecule has 1 aromatic carbocycles. The number of carbonyl (C=O) groups is 1. The van der Waals surface area contributed by atoms with Crippen molar-refractivity contribution in [1.82, 2.24) is 10.0 Å². The zero-order chi connectivity index (χ0) is 11.7. The molecule has 0 saturated carbocycles. The summed E-state index contributed by atoms with van der Waals surface area (Å²) in [6.07, 6.45) is 0. The van der Waals surface area contributed by atoms with Crippen LogP contribution in [0.15, 0.2) is 24.3 Å². The van der Waals surface area contributed by atoms with Crippen molar-refractivity contribution < 1.29 is 9.63 Å². The molecule has 0 bridgehead atoms. The number of hydroxylamine groups is 2. The molecule has 1 amide bonds. The minimum absolute atomic E-state index is 0.241. The third-order valence-corrected chi connectivity index (χ3v) is 2.71. The van der Waals surface area contributed by atoms with Gasteiger partial charge in [-0.15, -0.1) is 0 Å². The van der Waals surface area contributed by atoms with Gasteiger partial charge in [0.15, 0.2) is 0 Å². The van der Waals surface area contributed by atoms with Crippen LogP contribution in [0.5, 0.6) is 0 Å². The number of benzene rings is 1. The highest BCUT2D eigenvalue weighted by Crippen LogP contribution is 2.23. The van der Waals surface area contributed by atoms with Gasteiger partial charge in [-0.3, -0.25) is 9.63 Å². The molecule has 0 radical (unpaired) electrons. The Bertz CT molecular complexity index is 536. The fourth-order valence-electron chi connectivity index (χ4n) is 1.49. The number of H-pyrrole nitrogens is 1. The molecular formula is C11H11ClN2O2. The van der Waals surface area contributed by atoms with Gasteiger partial charge in [0.2, 0.25) is 0 Å². The molecule has 2 rings (SSSR count). The van der Waals surface area contributed by atoms with E-state index in [1.807, 2.05) is 12.1 Å². The van der Waals surface area contributed by atoms with Crippen LogP contribution < -0.4 is 0 Å². The highest BCUT2D eigenvalue weighted by atomic mass is 35.5. The maximum atomic E-state index is 11.8. The Morgan fingerprint density at radius 1 is 1.50 bits per heavy atom. The zero-order valence-electron chi connectivity index (χ0n) is 8.95. The van der Waals surface area contributed by atoms with E-state index >= 15 is 0 Å². The monoisotopic (exact) mass is 238 g/mol. The molecule has 0 aliphatic rings. The number of amides is 1. The van der Waals surface area contributed by atoms with E-state index in [9.17, 15) is 4.79 Å². The number of rotatable bonds is 2. The standard InChI is InChI=1S/C11H11ClN2O2/c1-14(16-2)11(15)9-6-7-4-3-5-8(12)10(7)13-9/h3-6,13H,1-2H3. The van der Waals surface area contributed by atoms with Crippen molar-refractivity contribution in [2.45, 2.75) is 0 Å². The summed E-state index contributed by atoms with van der Waals surface area (Å²) < 4.78 is 0. The van der Waals surface area contributed by atoms with Crippen molar-refractivity contribution >= 4 is 28.4 Å². The summed E-state index contributed by atoms with van der Waals surface area (Å²) in [5.74, 6) is -0.241. The summed E-state index contributed by atoms with van der Waals surface area (Å²) in [6.45, 7) is 0. The van der Waals surface area contributed by atoms with Crippen molar-refractivity contribution in [3.63, 3.8) is 0 Å². The molecular weight excluding hydrogens is 228 g/mol. The van der Waals surface area contributed by atoms with Crippen molar-refractivity contribution in [1.29, 1.82) is 0 Å². The summed E-state index contributed by atoms with van der Waals surface area (Å²) in [6, 6.07) is 7.25. The first-order valence-electron chi connectivity index (χ1n) is 4.73. The van der Waals surface area contributed by atoms with E-state index in [0.29, 0.717) is 10.7 Å². The molecule has 0 atom stereocenters. The van der Waals surface area contributed by atoms with Crippen LogP contribution in [-0.2, 0) is 4.84 Å². The van der Waals surface area contributed by atoms with Crippen LogP contribution >= 0.6 is 11.6 Å². The molecule has 0 saturated heterocycles. The second-order valence-electron chi connectivity index (χ2n) is 3.37. The van der Waals surface area contributed by atoms with Crippen molar-refractivity contribution in [2.75, 3.05) is 14.2 Å². The predicted octanol–water partition coefficient (Wildman–Crippen LogP) is 2.45. The van der Waals surface area contributed by atoms with Crippen molar-refractivity contribution in [2.24, 2.45) is 0 Å². The predicted molar refractivity (Wildman–Crippen MR) is 62.4 cm³/mol. The van der Waals surface area contributed by atoms with E-state index < -0.39 is 0 Å². The average molecular weight is 239 g/mol. The van der Waals surface area contributed by atoms with Crippen LogP contribution in [0.2, 0.25) is 5.02 Å². The first kappa shape index (κ1) is 11.0. The second-order valence-corrected chi connectivity index (χ2v) is 3.78. The Morgan fingerprint density at radius 2 is 2.25 bits per heavy atom. The maximum absolute atomic E-state index is 11.8. The van der Waals surface area contributed by atoms with Crippen LogP contribution in [0.3, 0.4) is 0 Å². The first-order valence-corrected chi connectivity index (χ1v) is 5.10. The van der Waals surface area contributed by atoms with Crippen molar-refractivity contribution in [3.8, 4) is 0 Å². The topological polar surface area (TPSA) is 45.3 Å². The number of aromatic amines is 1. The van der Waals surface area contributed by atoms with Gasteiger partial charge >= 0.3 is 0 Å². The normalized spacial score (nSPS) is 10.7. The zero-order valence-corrected chi connectivity index (χ0v) is 9.71. The van der Waals surface area contributed by atoms with Gasteiger partial charge in [-0.05, 0) is 12.1 Å². The lowest BCUT2D eigenvalue weighted by molar-refractivity contribution is -0.0759. The highest BCUT2D eigenvalue weighted by molar-refractivity contribution is 6.35. The molecule has 0 aliphatic heterocycles. The highest BCUT2D eigenvalue weighted by Gasteiger charge is 2.14. The quantitative estimate of drug-likeness (QED) is 0.817. The van der Waals surface area contributed by atoms with Gasteiger partial charge in [0.1, 0.15) is 5.69 Å². The Kier molecular flexibility index (Phi) is 2.85. The van der Waals surface area contributed by atoms with Crippen LogP contribution in [-0.4, -0.2) is 30.1 Å². The van der Waals surface area contributed by atoms with E-state index in [4.69, 9.17) is 16.4 Å². The molecule has 0 aliphatic carbocycles. The van der Waals surface area contributed by atoms with E-state index in [0.717, 1.165) is 16.0 Å². The Balaban J connectivity index is 2.48. The van der Waals surface area contributed by atoms with E-state index in [1.165, 1.54) is 7.11 Å². The Labute approximate surface area is 97.7 Å². The fourth-order valence-corrected chi connectivity index (χ4v) is 1.72. The lowest BCUT2D eigenvalue weighted by Gasteiger charge is -2.11. The van der Waals surface area contributed by atoms with Crippen LogP contribution in [0.4, 0.5) is 0 Å². The van der Waals surface area contributed by atoms with Gasteiger partial charge in [-0.2, -0.15) is 0 Å². The minimum atomic E-state index is -0.241. The SMILES string of the molecule is CON(C)C(=O)c1cc2cccc(Cl)c2[nH]1. The van der Waals surface area contributed by atoms with Crippen LogP contribution in [0.1, 0.15) is 10.5 Å². The van der Waals surface area contributed by atoms with Crippen molar-refractivity contribution in [3.05, 3.63) is 35.0 Å². The lowest BCUT2D eigenvalue weighted by Crippen LogP contribution is -2.25. The third-order valence-electron chi connectivity index (χ3n) is 2.40. The molecule has 84 valence electrons. The molecule has 1 heterocycles. The summed E-state index contributed by atoms with van der Waals surface area (Å²) in [5, 5.41) is 2.65. The van der Waals surface area contributed by atoms with Gasteiger partial charge in [-0.25, -0.2) is 5.06 Å². The molecule has 1 N–H and O–H groups in total. The molecule has 2 aromatic rings. The number of nitrogens with one attached hydrogen (secondary N) is 1. The Morgan fingerprint density at radius 3 is 2.88 bits per heavy atom. The number of aromatic nitrogens is 1. The number of fused-ring (bicyclic) bond motifs is 1. The van der Waals surface area contributed by atoms with Gasteiger partial charge < -0.3 is 4.98 Å². The molecule has 1 aromatic heterocycles. The average Bonchev–Trinajstić information content (AvgIpc) is 2.72. The molecule has 0 unspecified atom stereocenters. The van der Waals surface area contributed by atoms with Gasteiger partial charge in [0.05, 0.1) is 17.6 Å². The molecule has 16 heavy (non-hydrogen) atoms. The first-order chi connectivity index (χ1) is 7.63. The van der Waals surface area contributed by atoms with Crippen LogP contribution in [0, 0.1) is 0 Å². The smallest absolute Gasteiger partial charge is 0.293 e. The van der Waals surface area contributed by atoms with E-state index in [1.54, 1.807) is 19.2 Å². The van der Waals surface area contributed by atoms with Gasteiger partial charge in [0, 0.05) is 12.4 Å². The third kappa shape index (κ3) is 1.77. The summed E-state index contributed by atoms with van der Waals surface area (Å²) >= 11 is 6.00. The summed E-state index contributed by atoms with van der Waals surface area (Å²) in [5.41, 5.74) is 1.21. The van der Waals surface area contributed by atoms with E-state index in [2.05, 4.69) is 4.98 Å². The van der Waals surface area contributed by atoms with E-state index in [-0.39, 0.29) is 5.91 Å². The number of para-hydroxylation sites is 1. The number of nitrogens with zero attached hydrogens (tertiary/aromatic N) is 1. The maximum Gasteiger partial charge on any atom is 0.293 e. The lowest BCUT2D eigenvalue weighted by atomic mass is 10.2. The molecule has 0 fully saturated rings. The fraction of sp³-hybridized carbons (Fsp3) is 0.182. The second kappa shape index (κ2) is 4.15. The number of hydrogen-bond acceptors (Lipinski definition) is 2. The number of carbonyl (C=O) groups excluding carboxylic acids is 1. The Hall–Kier alpha value is -1.52. The van der Waals surface area contributed by atoms with Crippen LogP contribution in [0.25, 0.3) is 10.9 Å². The number of halogens is 1. The molecule has 0 spiro atoms. The molecule has 4 nitrogen and oxygen atoms in total. The minimum Gasteiger partial charge on any atom is -0.349 e. The summed E-state index contributed by atoms with van der Waals surface area (Å²) in [4.78, 5) is 19.6. The molecule has 5 heteroatoms. The summed E-state index contributed by atoms with van der Waals surface area (Å²) in [7, 11) is 2.99. The largest absolute Gasteiger partial charge is 0.349 e. The van der Waals surface area contributed by atoms with Gasteiger partial charge in [-0.1, -0.05) is 23.7 Å². The van der Waals surface area contributed by atoms with Gasteiger partial charge in [0.25, 0.3) is 5.91 Å².